The molecule has 3 heterocycles. The number of aromatic nitrogens is 2. The molecular weight excluding hydrogens is 232 g/mol. The highest BCUT2D eigenvalue weighted by molar-refractivity contribution is 7.18. The molecule has 0 saturated carbocycles. The number of nitrogens with zero attached hydrogens (tertiary/aromatic N) is 2. The highest BCUT2D eigenvalue weighted by Crippen LogP contribution is 2.34. The van der Waals surface area contributed by atoms with E-state index in [1.807, 2.05) is 4.57 Å². The van der Waals surface area contributed by atoms with Gasteiger partial charge in [-0.1, -0.05) is 0 Å². The Labute approximate surface area is 103 Å². The third kappa shape index (κ3) is 1.23. The van der Waals surface area contributed by atoms with Gasteiger partial charge in [0.25, 0.3) is 0 Å². The Morgan fingerprint density at radius 2 is 2.18 bits per heavy atom. The molecule has 0 spiro atoms. The largest absolute Gasteiger partial charge is 0.354 e. The Balaban J connectivity index is 2.12. The summed E-state index contributed by atoms with van der Waals surface area (Å²) in [4.78, 5) is 7.20. The van der Waals surface area contributed by atoms with Crippen molar-refractivity contribution in [3.05, 3.63) is 15.9 Å². The maximum absolute atomic E-state index is 8.37. The van der Waals surface area contributed by atoms with Crippen LogP contribution in [0.4, 0.5) is 5.95 Å². The molecule has 2 N–H and O–H groups in total. The van der Waals surface area contributed by atoms with Crippen LogP contribution >= 0.6 is 11.3 Å². The van der Waals surface area contributed by atoms with Crippen molar-refractivity contribution in [3.8, 4) is 0 Å². The van der Waals surface area contributed by atoms with Crippen molar-refractivity contribution in [2.75, 3.05) is 11.9 Å². The lowest BCUT2D eigenvalue weighted by atomic mass is 9.97. The van der Waals surface area contributed by atoms with Crippen molar-refractivity contribution < 1.29 is 0 Å². The first-order chi connectivity index (χ1) is 8.34. The van der Waals surface area contributed by atoms with Gasteiger partial charge in [0.2, 0.25) is 5.95 Å². The van der Waals surface area contributed by atoms with Gasteiger partial charge >= 0.3 is 0 Å². The van der Waals surface area contributed by atoms with Crippen LogP contribution < -0.4 is 10.8 Å². The molecule has 1 aliphatic heterocycles. The molecule has 2 aromatic rings. The summed E-state index contributed by atoms with van der Waals surface area (Å²) in [5.74, 6) is 0.876. The number of hydrogen-bond donors (Lipinski definition) is 2. The van der Waals surface area contributed by atoms with E-state index in [2.05, 4.69) is 10.3 Å². The molecule has 0 bridgehead atoms. The fraction of sp³-hybridized carbons (Fsp3) is 0.500. The molecule has 1 aliphatic carbocycles. The zero-order valence-corrected chi connectivity index (χ0v) is 10.4. The average Bonchev–Trinajstić information content (AvgIpc) is 2.92. The Hall–Kier alpha value is -1.36. The first kappa shape index (κ1) is 9.65. The average molecular weight is 246 g/mol. The smallest absolute Gasteiger partial charge is 0.205 e. The lowest BCUT2D eigenvalue weighted by Crippen LogP contribution is -2.19. The van der Waals surface area contributed by atoms with E-state index in [1.165, 1.54) is 29.7 Å². The molecule has 5 heteroatoms. The van der Waals surface area contributed by atoms with Crippen molar-refractivity contribution in [1.82, 2.24) is 9.55 Å². The summed E-state index contributed by atoms with van der Waals surface area (Å²) in [7, 11) is 0. The van der Waals surface area contributed by atoms with Gasteiger partial charge in [0.15, 0.2) is 0 Å². The van der Waals surface area contributed by atoms with Gasteiger partial charge in [-0.3, -0.25) is 9.98 Å². The molecule has 0 atom stereocenters. The number of rotatable bonds is 0. The lowest BCUT2D eigenvalue weighted by Gasteiger charge is -2.10. The number of anilines is 1. The fourth-order valence-electron chi connectivity index (χ4n) is 2.90. The van der Waals surface area contributed by atoms with Gasteiger partial charge in [0.1, 0.15) is 10.3 Å². The number of fused-ring (bicyclic) bond motifs is 4. The summed E-state index contributed by atoms with van der Waals surface area (Å²) in [6, 6.07) is 0. The molecule has 4 rings (SSSR count). The van der Waals surface area contributed by atoms with Crippen molar-refractivity contribution in [2.24, 2.45) is 0 Å². The molecule has 0 fully saturated rings. The third-order valence-electron chi connectivity index (χ3n) is 3.74. The minimum Gasteiger partial charge on any atom is -0.354 e. The quantitative estimate of drug-likeness (QED) is 0.745. The van der Waals surface area contributed by atoms with Crippen molar-refractivity contribution in [2.45, 2.75) is 32.2 Å². The minimum atomic E-state index is 0.661. The number of aryl methyl sites for hydroxylation is 2. The fourth-order valence-corrected chi connectivity index (χ4v) is 4.17. The zero-order valence-electron chi connectivity index (χ0n) is 9.55. The van der Waals surface area contributed by atoms with Crippen LogP contribution in [0.25, 0.3) is 10.2 Å². The molecule has 2 aliphatic rings. The van der Waals surface area contributed by atoms with Gasteiger partial charge in [0.05, 0.1) is 5.39 Å². The van der Waals surface area contributed by atoms with E-state index in [1.54, 1.807) is 11.3 Å². The van der Waals surface area contributed by atoms with Gasteiger partial charge in [-0.05, 0) is 31.2 Å². The van der Waals surface area contributed by atoms with Crippen LogP contribution in [0, 0.1) is 5.41 Å². The number of hydrogen-bond acceptors (Lipinski definition) is 4. The van der Waals surface area contributed by atoms with Crippen LogP contribution in [0.15, 0.2) is 0 Å². The van der Waals surface area contributed by atoms with E-state index in [-0.39, 0.29) is 0 Å². The van der Waals surface area contributed by atoms with Gasteiger partial charge in [-0.15, -0.1) is 11.3 Å². The third-order valence-corrected chi connectivity index (χ3v) is 4.93. The molecular formula is C12H14N4S. The predicted octanol–water partition coefficient (Wildman–Crippen LogP) is 1.88. The number of thiophene rings is 1. The molecule has 2 aromatic heterocycles. The highest BCUT2D eigenvalue weighted by atomic mass is 32.1. The molecule has 17 heavy (non-hydrogen) atoms. The first-order valence-corrected chi connectivity index (χ1v) is 7.00. The Morgan fingerprint density at radius 3 is 3.12 bits per heavy atom. The topological polar surface area (TPSA) is 53.7 Å². The van der Waals surface area contributed by atoms with Crippen molar-refractivity contribution in [1.29, 1.82) is 5.41 Å². The molecule has 88 valence electrons. The zero-order chi connectivity index (χ0) is 11.4. The van der Waals surface area contributed by atoms with Crippen molar-refractivity contribution in [3.63, 3.8) is 0 Å². The van der Waals surface area contributed by atoms with Crippen LogP contribution in [0.2, 0.25) is 0 Å². The second-order valence-electron chi connectivity index (χ2n) is 4.75. The Kier molecular flexibility index (Phi) is 1.88. The van der Waals surface area contributed by atoms with E-state index >= 15 is 0 Å². The maximum Gasteiger partial charge on any atom is 0.205 e. The normalized spacial score (nSPS) is 17.9. The summed E-state index contributed by atoms with van der Waals surface area (Å²) >= 11 is 1.80. The highest BCUT2D eigenvalue weighted by Gasteiger charge is 2.21. The molecule has 0 saturated heterocycles. The molecule has 4 nitrogen and oxygen atoms in total. The Morgan fingerprint density at radius 1 is 1.29 bits per heavy atom. The number of nitrogens with one attached hydrogen (secondary N) is 2. The van der Waals surface area contributed by atoms with Crippen LogP contribution in [0.3, 0.4) is 0 Å². The van der Waals surface area contributed by atoms with E-state index in [4.69, 9.17) is 5.41 Å². The van der Waals surface area contributed by atoms with E-state index < -0.39 is 0 Å². The van der Waals surface area contributed by atoms with Gasteiger partial charge < -0.3 is 5.32 Å². The van der Waals surface area contributed by atoms with Gasteiger partial charge in [0, 0.05) is 18.0 Å². The molecule has 0 unspecified atom stereocenters. The van der Waals surface area contributed by atoms with Gasteiger partial charge in [-0.25, -0.2) is 4.98 Å². The molecule has 0 amide bonds. The molecule has 0 radical (unpaired) electrons. The maximum atomic E-state index is 8.37. The van der Waals surface area contributed by atoms with E-state index in [9.17, 15) is 0 Å². The Bertz CT molecular complexity index is 667. The van der Waals surface area contributed by atoms with Crippen LogP contribution in [-0.2, 0) is 19.4 Å². The monoisotopic (exact) mass is 246 g/mol. The summed E-state index contributed by atoms with van der Waals surface area (Å²) in [5, 5.41) is 12.7. The van der Waals surface area contributed by atoms with Crippen LogP contribution in [-0.4, -0.2) is 16.1 Å². The van der Waals surface area contributed by atoms with Crippen LogP contribution in [0.1, 0.15) is 23.3 Å². The lowest BCUT2D eigenvalue weighted by molar-refractivity contribution is 0.696. The summed E-state index contributed by atoms with van der Waals surface area (Å²) in [6.07, 6.45) is 4.87. The van der Waals surface area contributed by atoms with E-state index in [0.717, 1.165) is 35.7 Å². The predicted molar refractivity (Wildman–Crippen MR) is 68.6 cm³/mol. The summed E-state index contributed by atoms with van der Waals surface area (Å²) in [6.45, 7) is 1.78. The minimum absolute atomic E-state index is 0.661. The first-order valence-electron chi connectivity index (χ1n) is 6.18. The van der Waals surface area contributed by atoms with Crippen LogP contribution in [0.5, 0.6) is 0 Å². The SMILES string of the molecule is N=c1c2c3c(sc2nc2n1CCN2)CCCC3. The van der Waals surface area contributed by atoms with Gasteiger partial charge in [-0.2, -0.15) is 0 Å². The van der Waals surface area contributed by atoms with E-state index in [0.29, 0.717) is 5.49 Å². The summed E-state index contributed by atoms with van der Waals surface area (Å²) < 4.78 is 2.00. The molecule has 0 aromatic carbocycles. The van der Waals surface area contributed by atoms with Crippen molar-refractivity contribution >= 4 is 27.5 Å². The standard InChI is InChI=1S/C12H14N4S/c13-10-9-7-3-1-2-4-8(7)17-11(9)15-12-14-5-6-16(10)12/h13H,1-6H2,(H,14,15). The summed E-state index contributed by atoms with van der Waals surface area (Å²) in [5.41, 5.74) is 2.07. The second kappa shape index (κ2) is 3.32. The second-order valence-corrected chi connectivity index (χ2v) is 5.84.